The molecule has 4 aromatic rings. The number of halogens is 4. The molecule has 2 aliphatic rings. The number of nitriles is 1. The second-order valence-electron chi connectivity index (χ2n) is 11.4. The number of amides is 2. The van der Waals surface area contributed by atoms with Crippen molar-refractivity contribution >= 4 is 46.5 Å². The fraction of sp³-hybridized carbons (Fsp3) is 0.367. The second kappa shape index (κ2) is 13.7. The number of fused-ring (bicyclic) bond motifs is 1. The highest BCUT2D eigenvalue weighted by molar-refractivity contribution is 6.34. The van der Waals surface area contributed by atoms with E-state index in [1.54, 1.807) is 6.07 Å². The van der Waals surface area contributed by atoms with E-state index in [1.165, 1.54) is 46.2 Å². The Bertz CT molecular complexity index is 1950. The first-order valence-corrected chi connectivity index (χ1v) is 15.5. The first-order chi connectivity index (χ1) is 23.4. The summed E-state index contributed by atoms with van der Waals surface area (Å²) < 4.78 is 49.6. The number of carbonyl (C=O) groups is 3. The third kappa shape index (κ3) is 6.99. The van der Waals surface area contributed by atoms with E-state index in [4.69, 9.17) is 27.3 Å². The van der Waals surface area contributed by atoms with Gasteiger partial charge in [0.15, 0.2) is 23.4 Å². The quantitative estimate of drug-likeness (QED) is 0.181. The molecular formula is C30H29ClF3N11O4. The maximum Gasteiger partial charge on any atom is 0.435 e. The van der Waals surface area contributed by atoms with Crippen LogP contribution in [0.25, 0.3) is 16.9 Å². The van der Waals surface area contributed by atoms with Gasteiger partial charge in [0.2, 0.25) is 0 Å². The number of hydrogen-bond donors (Lipinski definition) is 3. The van der Waals surface area contributed by atoms with Crippen molar-refractivity contribution in [2.45, 2.75) is 37.8 Å². The Hall–Kier alpha value is -5.25. The summed E-state index contributed by atoms with van der Waals surface area (Å²) in [7, 11) is 0. The second-order valence-corrected chi connectivity index (χ2v) is 11.8. The van der Waals surface area contributed by atoms with Crippen molar-refractivity contribution < 1.29 is 32.3 Å². The highest BCUT2D eigenvalue weighted by Gasteiger charge is 2.39. The van der Waals surface area contributed by atoms with Crippen LogP contribution in [0.2, 0.25) is 5.02 Å². The molecule has 0 aliphatic carbocycles. The average molecular weight is 700 g/mol. The lowest BCUT2D eigenvalue weighted by atomic mass is 10.1. The molecule has 0 saturated carbocycles. The third-order valence-electron chi connectivity index (χ3n) is 8.26. The molecule has 2 aliphatic heterocycles. The van der Waals surface area contributed by atoms with Gasteiger partial charge in [-0.3, -0.25) is 23.6 Å². The van der Waals surface area contributed by atoms with Gasteiger partial charge in [-0.1, -0.05) is 11.6 Å². The lowest BCUT2D eigenvalue weighted by Gasteiger charge is -2.43. The number of aromatic nitrogens is 5. The number of nitrogens with two attached hydrogens (primary N) is 1. The number of benzene rings is 1. The number of primary amides is 1. The Labute approximate surface area is 281 Å². The van der Waals surface area contributed by atoms with Crippen molar-refractivity contribution in [1.82, 2.24) is 39.3 Å². The fourth-order valence-corrected chi connectivity index (χ4v) is 6.21. The number of piperazine rings is 1. The minimum absolute atomic E-state index is 0.00784. The van der Waals surface area contributed by atoms with E-state index >= 15 is 0 Å². The van der Waals surface area contributed by atoms with Crippen LogP contribution in [0.15, 0.2) is 43.0 Å². The van der Waals surface area contributed by atoms with E-state index < -0.39 is 35.9 Å². The number of nitrogens with zero attached hydrogens (tertiary/aromatic N) is 8. The number of nitrogens with one attached hydrogen (secondary N) is 2. The zero-order valence-electron chi connectivity index (χ0n) is 25.7. The number of esters is 1. The number of hydrogen-bond acceptors (Lipinski definition) is 11. The maximum atomic E-state index is 13.9. The summed E-state index contributed by atoms with van der Waals surface area (Å²) in [6.07, 6.45) is 0.501. The first kappa shape index (κ1) is 33.6. The molecule has 6 rings (SSSR count). The molecule has 0 bridgehead atoms. The molecule has 0 radical (unpaired) electrons. The van der Waals surface area contributed by atoms with Gasteiger partial charge >= 0.3 is 18.1 Å². The molecule has 19 heteroatoms. The van der Waals surface area contributed by atoms with Crippen LogP contribution in [0.4, 0.5) is 24.7 Å². The van der Waals surface area contributed by atoms with E-state index in [0.717, 1.165) is 17.6 Å². The van der Waals surface area contributed by atoms with Crippen LogP contribution < -0.4 is 16.4 Å². The predicted molar refractivity (Wildman–Crippen MR) is 167 cm³/mol. The summed E-state index contributed by atoms with van der Waals surface area (Å²) in [6, 6.07) is 6.53. The monoisotopic (exact) mass is 699 g/mol. The van der Waals surface area contributed by atoms with Gasteiger partial charge in [-0.05, 0) is 31.2 Å². The predicted octanol–water partition coefficient (Wildman–Crippen LogP) is 2.40. The van der Waals surface area contributed by atoms with Crippen molar-refractivity contribution in [1.29, 1.82) is 5.26 Å². The van der Waals surface area contributed by atoms with Crippen LogP contribution in [0.5, 0.6) is 0 Å². The molecular weight excluding hydrogens is 671 g/mol. The minimum Gasteiger partial charge on any atom is -0.437 e. The van der Waals surface area contributed by atoms with Crippen LogP contribution in [0.3, 0.4) is 0 Å². The first-order valence-electron chi connectivity index (χ1n) is 15.1. The zero-order chi connectivity index (χ0) is 34.9. The van der Waals surface area contributed by atoms with Gasteiger partial charge in [0.1, 0.15) is 0 Å². The molecule has 2 saturated heterocycles. The molecule has 2 atom stereocenters. The molecule has 3 aromatic heterocycles. The standard InChI is InChI=1S/C30H29ClF3N11O4/c31-21-12-17(2-3-19(21)28(47)42-10-11-44(18-4-6-37-13-18)23(16-42)49-29(48)25(36)46)40-26-27-39-14-22(45(27)9-7-38-26)20-15-43(8-1-5-35)41-24(20)30(32,33)34/h2-3,7,9,12,14-15,18,23,37H,1,4,6,8,10-11,13,16H2,(H2,36,46)(H,38,40)/t18-,23?/m1/s1. The largest absolute Gasteiger partial charge is 0.437 e. The minimum atomic E-state index is -4.75. The van der Waals surface area contributed by atoms with Crippen LogP contribution in [0, 0.1) is 11.3 Å². The molecule has 2 fully saturated rings. The average Bonchev–Trinajstić information content (AvgIpc) is 3.84. The molecule has 5 heterocycles. The van der Waals surface area contributed by atoms with Crippen molar-refractivity contribution in [3.05, 3.63) is 59.3 Å². The van der Waals surface area contributed by atoms with Gasteiger partial charge in [0, 0.05) is 50.0 Å². The Morgan fingerprint density at radius 2 is 2.04 bits per heavy atom. The Morgan fingerprint density at radius 1 is 1.22 bits per heavy atom. The number of ether oxygens (including phenoxy) is 1. The molecule has 15 nitrogen and oxygen atoms in total. The molecule has 256 valence electrons. The van der Waals surface area contributed by atoms with Gasteiger partial charge in [-0.2, -0.15) is 23.5 Å². The number of alkyl halides is 3. The number of aryl methyl sites for hydroxylation is 1. The van der Waals surface area contributed by atoms with Crippen molar-refractivity contribution in [2.24, 2.45) is 5.73 Å². The molecule has 1 aromatic carbocycles. The molecule has 0 spiro atoms. The summed E-state index contributed by atoms with van der Waals surface area (Å²) in [4.78, 5) is 49.1. The summed E-state index contributed by atoms with van der Waals surface area (Å²) >= 11 is 6.58. The fourth-order valence-electron chi connectivity index (χ4n) is 5.95. The third-order valence-corrected chi connectivity index (χ3v) is 8.57. The SMILES string of the molecule is N#CCCn1cc(-c2cnc3c(Nc4ccc(C(=O)N5CCN([C@@H]6CCNC6)C(OC(=O)C(N)=O)C5)c(Cl)c4)nccn23)c(C(F)(F)F)n1. The summed E-state index contributed by atoms with van der Waals surface area (Å²) in [5.41, 5.74) is 4.69. The summed E-state index contributed by atoms with van der Waals surface area (Å²) in [5.74, 6) is -2.64. The molecule has 2 amide bonds. The lowest BCUT2D eigenvalue weighted by Crippen LogP contribution is -2.60. The molecule has 4 N–H and O–H groups in total. The number of carbonyl (C=O) groups excluding carboxylic acids is 3. The topological polar surface area (TPSA) is 189 Å². The van der Waals surface area contributed by atoms with Crippen LogP contribution >= 0.6 is 11.6 Å². The van der Waals surface area contributed by atoms with E-state index in [0.29, 0.717) is 25.3 Å². The van der Waals surface area contributed by atoms with Gasteiger partial charge in [0.05, 0.1) is 53.6 Å². The van der Waals surface area contributed by atoms with Gasteiger partial charge in [-0.25, -0.2) is 14.8 Å². The maximum absolute atomic E-state index is 13.9. The summed E-state index contributed by atoms with van der Waals surface area (Å²) in [6.45, 7) is 2.14. The highest BCUT2D eigenvalue weighted by Crippen LogP contribution is 2.37. The number of rotatable bonds is 8. The van der Waals surface area contributed by atoms with Gasteiger partial charge in [-0.15, -0.1) is 0 Å². The molecule has 1 unspecified atom stereocenters. The molecule has 49 heavy (non-hydrogen) atoms. The number of imidazole rings is 1. The van der Waals surface area contributed by atoms with Crippen molar-refractivity contribution in [3.63, 3.8) is 0 Å². The Balaban J connectivity index is 1.21. The smallest absolute Gasteiger partial charge is 0.435 e. The van der Waals surface area contributed by atoms with Crippen LogP contribution in [-0.4, -0.2) is 96.7 Å². The van der Waals surface area contributed by atoms with Crippen LogP contribution in [0.1, 0.15) is 28.9 Å². The van der Waals surface area contributed by atoms with Gasteiger partial charge in [0.25, 0.3) is 5.91 Å². The zero-order valence-corrected chi connectivity index (χ0v) is 26.4. The normalized spacial score (nSPS) is 18.4. The van der Waals surface area contributed by atoms with E-state index in [1.807, 2.05) is 11.0 Å². The Kier molecular flexibility index (Phi) is 9.41. The Morgan fingerprint density at radius 3 is 2.73 bits per heavy atom. The van der Waals surface area contributed by atoms with E-state index in [2.05, 4.69) is 25.7 Å². The van der Waals surface area contributed by atoms with E-state index in [-0.39, 0.29) is 58.9 Å². The van der Waals surface area contributed by atoms with Gasteiger partial charge < -0.3 is 26.0 Å². The lowest BCUT2D eigenvalue weighted by molar-refractivity contribution is -0.171. The van der Waals surface area contributed by atoms with Crippen LogP contribution in [-0.2, 0) is 27.0 Å². The number of anilines is 2. The van der Waals surface area contributed by atoms with E-state index in [9.17, 15) is 27.6 Å². The highest BCUT2D eigenvalue weighted by atomic mass is 35.5. The van der Waals surface area contributed by atoms with Crippen molar-refractivity contribution in [3.8, 4) is 17.3 Å². The summed E-state index contributed by atoms with van der Waals surface area (Å²) in [5, 5.41) is 18.9. The van der Waals surface area contributed by atoms with Crippen molar-refractivity contribution in [2.75, 3.05) is 38.0 Å².